The lowest BCUT2D eigenvalue weighted by Crippen LogP contribution is -2.43. The second-order valence-electron chi connectivity index (χ2n) is 6.00. The standard InChI is InChI=1S/C16H26N2O2S2/c1-13(11-14-7-4-5-9-16(14)21-2)17-12-15-8-6-10-18(15)22(3,19)20/h4-5,7,9,13,15,17H,6,8,10-12H2,1-3H3/t13-,15-/m1/s1. The molecule has 6 heteroatoms. The summed E-state index contributed by atoms with van der Waals surface area (Å²) in [5.41, 5.74) is 1.35. The molecule has 0 saturated carbocycles. The molecule has 2 rings (SSSR count). The molecule has 4 nitrogen and oxygen atoms in total. The van der Waals surface area contributed by atoms with Crippen molar-refractivity contribution in [2.24, 2.45) is 0 Å². The number of benzene rings is 1. The molecular formula is C16H26N2O2S2. The normalized spacial score (nSPS) is 21.1. The van der Waals surface area contributed by atoms with Gasteiger partial charge in [0.25, 0.3) is 0 Å². The van der Waals surface area contributed by atoms with Crippen molar-refractivity contribution in [1.82, 2.24) is 9.62 Å². The topological polar surface area (TPSA) is 49.4 Å². The van der Waals surface area contributed by atoms with E-state index in [1.54, 1.807) is 16.1 Å². The smallest absolute Gasteiger partial charge is 0.211 e. The monoisotopic (exact) mass is 342 g/mol. The number of hydrogen-bond acceptors (Lipinski definition) is 4. The largest absolute Gasteiger partial charge is 0.312 e. The number of rotatable bonds is 7. The summed E-state index contributed by atoms with van der Waals surface area (Å²) in [6.45, 7) is 3.56. The third-order valence-electron chi connectivity index (χ3n) is 4.17. The molecule has 124 valence electrons. The first-order valence-electron chi connectivity index (χ1n) is 7.74. The van der Waals surface area contributed by atoms with Crippen molar-refractivity contribution in [3.8, 4) is 0 Å². The van der Waals surface area contributed by atoms with Crippen molar-refractivity contribution >= 4 is 21.8 Å². The van der Waals surface area contributed by atoms with Gasteiger partial charge in [0.1, 0.15) is 0 Å². The van der Waals surface area contributed by atoms with Crippen LogP contribution in [0.2, 0.25) is 0 Å². The lowest BCUT2D eigenvalue weighted by atomic mass is 10.1. The first kappa shape index (κ1) is 17.8. The van der Waals surface area contributed by atoms with E-state index in [2.05, 4.69) is 42.8 Å². The summed E-state index contributed by atoms with van der Waals surface area (Å²) in [4.78, 5) is 1.31. The molecular weight excluding hydrogens is 316 g/mol. The lowest BCUT2D eigenvalue weighted by Gasteiger charge is -2.24. The number of nitrogens with one attached hydrogen (secondary N) is 1. The molecule has 22 heavy (non-hydrogen) atoms. The highest BCUT2D eigenvalue weighted by atomic mass is 32.2. The molecule has 0 aromatic heterocycles. The Labute approximate surface area is 138 Å². The van der Waals surface area contributed by atoms with Gasteiger partial charge >= 0.3 is 0 Å². The van der Waals surface area contributed by atoms with Crippen molar-refractivity contribution in [1.29, 1.82) is 0 Å². The van der Waals surface area contributed by atoms with Gasteiger partial charge in [-0.05, 0) is 44.1 Å². The minimum absolute atomic E-state index is 0.105. The zero-order chi connectivity index (χ0) is 16.2. The fraction of sp³-hybridized carbons (Fsp3) is 0.625. The van der Waals surface area contributed by atoms with E-state index in [1.165, 1.54) is 16.7 Å². The van der Waals surface area contributed by atoms with Crippen LogP contribution in [0.4, 0.5) is 0 Å². The first-order chi connectivity index (χ1) is 10.4. The van der Waals surface area contributed by atoms with Gasteiger partial charge in [0.05, 0.1) is 6.26 Å². The van der Waals surface area contributed by atoms with Crippen molar-refractivity contribution < 1.29 is 8.42 Å². The molecule has 1 heterocycles. The summed E-state index contributed by atoms with van der Waals surface area (Å²) in [5, 5.41) is 3.51. The Morgan fingerprint density at radius 3 is 2.82 bits per heavy atom. The highest BCUT2D eigenvalue weighted by Crippen LogP contribution is 2.22. The molecule has 0 unspecified atom stereocenters. The lowest BCUT2D eigenvalue weighted by molar-refractivity contribution is 0.361. The summed E-state index contributed by atoms with van der Waals surface area (Å²) in [7, 11) is -3.08. The maximum atomic E-state index is 11.8. The molecule has 1 aromatic carbocycles. The molecule has 0 radical (unpaired) electrons. The second kappa shape index (κ2) is 7.81. The Morgan fingerprint density at radius 1 is 1.41 bits per heavy atom. The fourth-order valence-corrected chi connectivity index (χ4v) is 4.87. The number of nitrogens with zero attached hydrogens (tertiary/aromatic N) is 1. The summed E-state index contributed by atoms with van der Waals surface area (Å²) >= 11 is 1.77. The van der Waals surface area contributed by atoms with E-state index in [9.17, 15) is 8.42 Å². The zero-order valence-electron chi connectivity index (χ0n) is 13.6. The van der Waals surface area contributed by atoms with Crippen molar-refractivity contribution in [3.63, 3.8) is 0 Å². The van der Waals surface area contributed by atoms with Crippen LogP contribution >= 0.6 is 11.8 Å². The molecule has 2 atom stereocenters. The second-order valence-corrected chi connectivity index (χ2v) is 8.78. The minimum atomic E-state index is -3.08. The molecule has 1 aliphatic heterocycles. The van der Waals surface area contributed by atoms with E-state index in [-0.39, 0.29) is 6.04 Å². The van der Waals surface area contributed by atoms with Crippen LogP contribution in [0.1, 0.15) is 25.3 Å². The quantitative estimate of drug-likeness (QED) is 0.773. The van der Waals surface area contributed by atoms with Crippen LogP contribution < -0.4 is 5.32 Å². The molecule has 1 N–H and O–H groups in total. The van der Waals surface area contributed by atoms with E-state index in [0.29, 0.717) is 12.6 Å². The van der Waals surface area contributed by atoms with Gasteiger partial charge < -0.3 is 5.32 Å². The average molecular weight is 343 g/mol. The van der Waals surface area contributed by atoms with Crippen LogP contribution in [0.3, 0.4) is 0 Å². The summed E-state index contributed by atoms with van der Waals surface area (Å²) in [6, 6.07) is 8.89. The Kier molecular flexibility index (Phi) is 6.32. The van der Waals surface area contributed by atoms with E-state index in [1.807, 2.05) is 0 Å². The van der Waals surface area contributed by atoms with E-state index >= 15 is 0 Å². The van der Waals surface area contributed by atoms with Gasteiger partial charge in [-0.15, -0.1) is 11.8 Å². The van der Waals surface area contributed by atoms with Crippen molar-refractivity contribution in [2.75, 3.05) is 25.6 Å². The molecule has 0 amide bonds. The zero-order valence-corrected chi connectivity index (χ0v) is 15.2. The maximum Gasteiger partial charge on any atom is 0.211 e. The highest BCUT2D eigenvalue weighted by Gasteiger charge is 2.31. The van der Waals surface area contributed by atoms with Gasteiger partial charge in [0.15, 0.2) is 0 Å². The molecule has 0 spiro atoms. The molecule has 1 saturated heterocycles. The predicted molar refractivity (Wildman–Crippen MR) is 94.0 cm³/mol. The van der Waals surface area contributed by atoms with E-state index < -0.39 is 10.0 Å². The van der Waals surface area contributed by atoms with Crippen LogP contribution in [0.25, 0.3) is 0 Å². The molecule has 1 aliphatic rings. The Morgan fingerprint density at radius 2 is 2.14 bits per heavy atom. The van der Waals surface area contributed by atoms with Gasteiger partial charge in [0.2, 0.25) is 10.0 Å². The van der Waals surface area contributed by atoms with Crippen molar-refractivity contribution in [3.05, 3.63) is 29.8 Å². The van der Waals surface area contributed by atoms with Crippen LogP contribution in [0.15, 0.2) is 29.2 Å². The van der Waals surface area contributed by atoms with Gasteiger partial charge in [-0.25, -0.2) is 8.42 Å². The summed E-state index contributed by atoms with van der Waals surface area (Å²) in [6.07, 6.45) is 6.28. The Hall–Kier alpha value is -0.560. The molecule has 1 fully saturated rings. The molecule has 1 aromatic rings. The average Bonchev–Trinajstić information content (AvgIpc) is 2.94. The van der Waals surface area contributed by atoms with E-state index in [0.717, 1.165) is 25.8 Å². The van der Waals surface area contributed by atoms with Crippen LogP contribution in [0.5, 0.6) is 0 Å². The number of hydrogen-bond donors (Lipinski definition) is 1. The highest BCUT2D eigenvalue weighted by molar-refractivity contribution is 7.98. The molecule has 0 bridgehead atoms. The first-order valence-corrected chi connectivity index (χ1v) is 10.8. The van der Waals surface area contributed by atoms with Crippen LogP contribution in [0, 0.1) is 0 Å². The van der Waals surface area contributed by atoms with E-state index in [4.69, 9.17) is 0 Å². The van der Waals surface area contributed by atoms with Crippen LogP contribution in [-0.4, -0.2) is 50.4 Å². The van der Waals surface area contributed by atoms with Crippen molar-refractivity contribution in [2.45, 2.75) is 43.2 Å². The minimum Gasteiger partial charge on any atom is -0.312 e. The van der Waals surface area contributed by atoms with Crippen LogP contribution in [-0.2, 0) is 16.4 Å². The van der Waals surface area contributed by atoms with Gasteiger partial charge in [-0.1, -0.05) is 18.2 Å². The Bertz CT molecular complexity index is 590. The number of sulfonamides is 1. The van der Waals surface area contributed by atoms with Gasteiger partial charge in [-0.3, -0.25) is 0 Å². The SMILES string of the molecule is CSc1ccccc1C[C@@H](C)NC[C@H]1CCCN1S(C)(=O)=O. The summed E-state index contributed by atoms with van der Waals surface area (Å²) in [5.74, 6) is 0. The van der Waals surface area contributed by atoms with Gasteiger partial charge in [0, 0.05) is 30.1 Å². The summed E-state index contributed by atoms with van der Waals surface area (Å²) < 4.78 is 25.2. The Balaban J connectivity index is 1.89. The predicted octanol–water partition coefficient (Wildman–Crippen LogP) is 2.35. The van der Waals surface area contributed by atoms with Gasteiger partial charge in [-0.2, -0.15) is 4.31 Å². The maximum absolute atomic E-state index is 11.8. The number of thioether (sulfide) groups is 1. The third kappa shape index (κ3) is 4.72. The third-order valence-corrected chi connectivity index (χ3v) is 6.34. The fourth-order valence-electron chi connectivity index (χ4n) is 3.06. The molecule has 0 aliphatic carbocycles.